The molecule has 0 rings (SSSR count). The van der Waals surface area contributed by atoms with Gasteiger partial charge in [-0.25, -0.2) is 4.99 Å². The Hall–Kier alpha value is -2.62. The number of nitrogens with one attached hydrogen (secondary N) is 1. The van der Waals surface area contributed by atoms with Crippen LogP contribution in [0.5, 0.6) is 0 Å². The maximum Gasteiger partial charge on any atom is 0.273 e. The smallest absolute Gasteiger partial charge is 0.273 e. The molecule has 1 amide bonds. The number of halogens is 1. The Morgan fingerprint density at radius 2 is 1.68 bits per heavy atom. The maximum absolute atomic E-state index is 12.2. The van der Waals surface area contributed by atoms with Crippen molar-refractivity contribution in [2.45, 2.75) is 86.0 Å². The van der Waals surface area contributed by atoms with E-state index in [0.717, 1.165) is 45.1 Å². The number of rotatable bonds is 16. The summed E-state index contributed by atoms with van der Waals surface area (Å²) in [7, 11) is 0. The van der Waals surface area contributed by atoms with Crippen LogP contribution >= 0.6 is 11.6 Å². The van der Waals surface area contributed by atoms with Gasteiger partial charge >= 0.3 is 0 Å². The van der Waals surface area contributed by atoms with Crippen LogP contribution < -0.4 is 34.0 Å². The molecule has 0 heterocycles. The molecule has 0 aromatic rings. The van der Waals surface area contributed by atoms with Crippen molar-refractivity contribution in [1.82, 2.24) is 5.32 Å². The molecule has 0 atom stereocenters. The lowest BCUT2D eigenvalue weighted by atomic mass is 9.96. The average molecular weight is 553 g/mol. The average Bonchev–Trinajstić information content (AvgIpc) is 2.87. The highest BCUT2D eigenvalue weighted by Crippen LogP contribution is 2.19. The molecule has 10 heteroatoms. The number of nitrogens with zero attached hydrogens (tertiary/aromatic N) is 2. The Labute approximate surface area is 235 Å². The topological polar surface area (TPSA) is 184 Å². The Kier molecular flexibility index (Phi) is 24.4. The van der Waals surface area contributed by atoms with Crippen LogP contribution in [0.15, 0.2) is 56.4 Å². The summed E-state index contributed by atoms with van der Waals surface area (Å²) in [5.41, 5.74) is 29.9. The standard InChI is InChI=1S/C24H42ClN7O.C4H11N/c1-5-7-11-18(13-14-19(10-6-2)17(3)4)12-8-9-15-30-24(29)32-23(33)20(16-26)31-21(25)22(27)28;1-2-3-4-5/h5,7,13-14,17H,6,8-12,15-16,26-28H2,1-4H3,(H3,29,30,32,33);2-5H2,1H3/b7-5-,18-13+,19-14-,31-20+;. The Balaban J connectivity index is 0. The van der Waals surface area contributed by atoms with Crippen molar-refractivity contribution >= 4 is 29.2 Å². The number of aliphatic imine (C=N–C) groups is 2. The minimum absolute atomic E-state index is 0.00396. The zero-order valence-electron chi connectivity index (χ0n) is 24.2. The molecule has 0 aromatic heterocycles. The van der Waals surface area contributed by atoms with Gasteiger partial charge in [-0.2, -0.15) is 0 Å². The fourth-order valence-corrected chi connectivity index (χ4v) is 3.17. The maximum atomic E-state index is 12.2. The first-order chi connectivity index (χ1) is 18.1. The van der Waals surface area contributed by atoms with Crippen LogP contribution in [0.25, 0.3) is 0 Å². The summed E-state index contributed by atoms with van der Waals surface area (Å²) in [5.74, 6) is -0.257. The summed E-state index contributed by atoms with van der Waals surface area (Å²) in [6.07, 6.45) is 17.2. The third kappa shape index (κ3) is 20.4. The normalized spacial score (nSPS) is 13.0. The summed E-state index contributed by atoms with van der Waals surface area (Å²) in [6, 6.07) is 0. The molecule has 11 N–H and O–H groups in total. The van der Waals surface area contributed by atoms with Gasteiger partial charge in [-0.1, -0.05) is 87.6 Å². The van der Waals surface area contributed by atoms with Crippen LogP contribution in [-0.4, -0.2) is 37.2 Å². The second kappa shape index (κ2) is 24.7. The molecule has 0 aliphatic rings. The summed E-state index contributed by atoms with van der Waals surface area (Å²) in [5, 5.41) is 2.24. The molecule has 0 aliphatic carbocycles. The van der Waals surface area contributed by atoms with E-state index in [1.807, 2.05) is 6.92 Å². The quantitative estimate of drug-likeness (QED) is 0.0414. The summed E-state index contributed by atoms with van der Waals surface area (Å²) in [6.45, 7) is 12.0. The Morgan fingerprint density at radius 3 is 2.16 bits per heavy atom. The van der Waals surface area contributed by atoms with Gasteiger partial charge in [0.1, 0.15) is 11.5 Å². The van der Waals surface area contributed by atoms with Crippen molar-refractivity contribution in [2.24, 2.45) is 44.6 Å². The van der Waals surface area contributed by atoms with Gasteiger partial charge in [0.2, 0.25) is 0 Å². The largest absolute Gasteiger partial charge is 0.383 e. The Morgan fingerprint density at radius 1 is 1.00 bits per heavy atom. The van der Waals surface area contributed by atoms with Crippen molar-refractivity contribution in [1.29, 1.82) is 0 Å². The number of guanidine groups is 1. The van der Waals surface area contributed by atoms with E-state index in [1.54, 1.807) is 0 Å². The van der Waals surface area contributed by atoms with E-state index in [4.69, 9.17) is 40.3 Å². The zero-order chi connectivity index (χ0) is 29.3. The van der Waals surface area contributed by atoms with Crippen molar-refractivity contribution in [3.63, 3.8) is 0 Å². The highest BCUT2D eigenvalue weighted by atomic mass is 35.5. The molecule has 0 saturated heterocycles. The van der Waals surface area contributed by atoms with Gasteiger partial charge in [-0.3, -0.25) is 15.1 Å². The third-order valence-electron chi connectivity index (χ3n) is 5.34. The van der Waals surface area contributed by atoms with Crippen molar-refractivity contribution in [3.8, 4) is 0 Å². The predicted octanol–water partition coefficient (Wildman–Crippen LogP) is 4.29. The fourth-order valence-electron chi connectivity index (χ4n) is 3.07. The van der Waals surface area contributed by atoms with E-state index in [0.29, 0.717) is 12.5 Å². The number of amides is 1. The third-order valence-corrected chi connectivity index (χ3v) is 5.65. The number of hydrogen-bond donors (Lipinski definition) is 6. The van der Waals surface area contributed by atoms with E-state index >= 15 is 0 Å². The van der Waals surface area contributed by atoms with Crippen LogP contribution in [0.4, 0.5) is 0 Å². The van der Waals surface area contributed by atoms with Crippen LogP contribution in [-0.2, 0) is 4.79 Å². The molecule has 0 fully saturated rings. The van der Waals surface area contributed by atoms with E-state index in [-0.39, 0.29) is 29.2 Å². The van der Waals surface area contributed by atoms with Crippen LogP contribution in [0.3, 0.4) is 0 Å². The summed E-state index contributed by atoms with van der Waals surface area (Å²) in [4.78, 5) is 20.2. The Bertz CT molecular complexity index is 836. The van der Waals surface area contributed by atoms with Gasteiger partial charge in [0.05, 0.1) is 0 Å². The highest BCUT2D eigenvalue weighted by Gasteiger charge is 2.12. The van der Waals surface area contributed by atoms with Gasteiger partial charge in [0, 0.05) is 13.1 Å². The number of hydrogen-bond acceptors (Lipinski definition) is 7. The van der Waals surface area contributed by atoms with Crippen LogP contribution in [0, 0.1) is 5.92 Å². The zero-order valence-corrected chi connectivity index (χ0v) is 25.0. The van der Waals surface area contributed by atoms with E-state index in [1.165, 1.54) is 24.0 Å². The lowest BCUT2D eigenvalue weighted by Crippen LogP contribution is -2.43. The lowest BCUT2D eigenvalue weighted by molar-refractivity contribution is -0.113. The second-order valence-corrected chi connectivity index (χ2v) is 9.43. The molecule has 9 nitrogen and oxygen atoms in total. The molecule has 218 valence electrons. The van der Waals surface area contributed by atoms with Crippen LogP contribution in [0.1, 0.15) is 86.0 Å². The number of allylic oxidation sites excluding steroid dienone is 6. The summed E-state index contributed by atoms with van der Waals surface area (Å²) < 4.78 is 0. The molecule has 0 bridgehead atoms. The lowest BCUT2D eigenvalue weighted by Gasteiger charge is -2.10. The van der Waals surface area contributed by atoms with E-state index in [9.17, 15) is 4.79 Å². The molecule has 0 radical (unpaired) electrons. The highest BCUT2D eigenvalue weighted by molar-refractivity contribution is 6.43. The minimum Gasteiger partial charge on any atom is -0.383 e. The SMILES string of the molecule is C/C=C\C/C(=C\C=C(\CCC)C(C)C)CCCCN=C(N)NC(=O)/C(CN)=N/C(Cl)=C(N)N.CCCCN. The number of nitrogens with two attached hydrogens (primary N) is 5. The molecule has 0 unspecified atom stereocenters. The molecular formula is C28H53ClN8O. The van der Waals surface area contributed by atoms with Gasteiger partial charge in [-0.05, 0) is 57.9 Å². The molecule has 0 saturated carbocycles. The first kappa shape index (κ1) is 37.5. The molecule has 0 aliphatic heterocycles. The van der Waals surface area contributed by atoms with Gasteiger partial charge < -0.3 is 28.7 Å². The minimum atomic E-state index is -0.602. The number of carbonyl (C=O) groups is 1. The first-order valence-electron chi connectivity index (χ1n) is 13.6. The fraction of sp³-hybridized carbons (Fsp3) is 0.607. The predicted molar refractivity (Wildman–Crippen MR) is 166 cm³/mol. The number of carbonyl (C=O) groups excluding carboxylic acids is 1. The molecule has 0 aromatic carbocycles. The van der Waals surface area contributed by atoms with Crippen LogP contribution in [0.2, 0.25) is 0 Å². The van der Waals surface area contributed by atoms with Crippen molar-refractivity contribution in [2.75, 3.05) is 19.6 Å². The summed E-state index contributed by atoms with van der Waals surface area (Å²) >= 11 is 5.75. The molecular weight excluding hydrogens is 500 g/mol. The van der Waals surface area contributed by atoms with Gasteiger partial charge in [-0.15, -0.1) is 0 Å². The molecule has 0 spiro atoms. The second-order valence-electron chi connectivity index (χ2n) is 9.07. The van der Waals surface area contributed by atoms with Crippen molar-refractivity contribution < 1.29 is 4.79 Å². The first-order valence-corrected chi connectivity index (χ1v) is 13.9. The van der Waals surface area contributed by atoms with E-state index < -0.39 is 5.91 Å². The van der Waals surface area contributed by atoms with Gasteiger partial charge in [0.15, 0.2) is 11.1 Å². The molecule has 38 heavy (non-hydrogen) atoms. The van der Waals surface area contributed by atoms with Crippen molar-refractivity contribution in [3.05, 3.63) is 46.4 Å². The van der Waals surface area contributed by atoms with E-state index in [2.05, 4.69) is 67.3 Å². The number of unbranched alkanes of at least 4 members (excludes halogenated alkanes) is 2. The monoisotopic (exact) mass is 552 g/mol. The van der Waals surface area contributed by atoms with Gasteiger partial charge in [0.25, 0.3) is 5.91 Å².